The molecule has 1 amide bonds. The molecule has 3 rings (SSSR count). The Bertz CT molecular complexity index is 1030. The Labute approximate surface area is 152 Å². The van der Waals surface area contributed by atoms with Gasteiger partial charge in [0.2, 0.25) is 0 Å². The van der Waals surface area contributed by atoms with Gasteiger partial charge in [0.05, 0.1) is 29.1 Å². The van der Waals surface area contributed by atoms with Crippen molar-refractivity contribution in [3.05, 3.63) is 69.8 Å². The highest BCUT2D eigenvalue weighted by molar-refractivity contribution is 6.03. The fourth-order valence-corrected chi connectivity index (χ4v) is 2.43. The van der Waals surface area contributed by atoms with Crippen molar-refractivity contribution in [2.45, 2.75) is 6.92 Å². The lowest BCUT2D eigenvalue weighted by atomic mass is 10.2. The summed E-state index contributed by atoms with van der Waals surface area (Å²) in [5.74, 6) is -0.931. The molecular formula is C17H14FN5O4. The molecule has 138 valence electrons. The third-order valence-corrected chi connectivity index (χ3v) is 3.82. The monoisotopic (exact) mass is 371 g/mol. The van der Waals surface area contributed by atoms with E-state index in [1.165, 1.54) is 11.8 Å². The van der Waals surface area contributed by atoms with Gasteiger partial charge < -0.3 is 10.1 Å². The van der Waals surface area contributed by atoms with Crippen LogP contribution in [0.15, 0.2) is 42.5 Å². The van der Waals surface area contributed by atoms with Crippen LogP contribution in [0, 0.1) is 22.9 Å². The maximum absolute atomic E-state index is 13.9. The number of halogens is 1. The highest BCUT2D eigenvalue weighted by Crippen LogP contribution is 2.23. The quantitative estimate of drug-likeness (QED) is 0.545. The summed E-state index contributed by atoms with van der Waals surface area (Å²) in [4.78, 5) is 22.6. The number of carbonyl (C=O) groups is 1. The molecule has 10 heteroatoms. The van der Waals surface area contributed by atoms with E-state index >= 15 is 0 Å². The van der Waals surface area contributed by atoms with Crippen LogP contribution in [0.5, 0.6) is 5.75 Å². The minimum absolute atomic E-state index is 0.0382. The molecule has 1 aromatic heterocycles. The molecular weight excluding hydrogens is 357 g/mol. The molecule has 0 bridgehead atoms. The summed E-state index contributed by atoms with van der Waals surface area (Å²) in [5, 5.41) is 20.9. The zero-order valence-corrected chi connectivity index (χ0v) is 14.3. The predicted molar refractivity (Wildman–Crippen MR) is 93.7 cm³/mol. The second kappa shape index (κ2) is 7.20. The fraction of sp³-hybridized carbons (Fsp3) is 0.118. The van der Waals surface area contributed by atoms with Crippen molar-refractivity contribution < 1.29 is 18.8 Å². The molecule has 0 spiro atoms. The molecule has 0 fully saturated rings. The Morgan fingerprint density at radius 1 is 1.30 bits per heavy atom. The first-order chi connectivity index (χ1) is 12.9. The van der Waals surface area contributed by atoms with Crippen LogP contribution in [0.2, 0.25) is 0 Å². The number of methoxy groups -OCH3 is 1. The molecule has 0 saturated carbocycles. The lowest BCUT2D eigenvalue weighted by Crippen LogP contribution is -2.15. The average Bonchev–Trinajstić information content (AvgIpc) is 3.05. The molecule has 0 saturated heterocycles. The van der Waals surface area contributed by atoms with E-state index in [2.05, 4.69) is 15.6 Å². The van der Waals surface area contributed by atoms with Gasteiger partial charge in [-0.3, -0.25) is 14.9 Å². The number of hydrogen-bond donors (Lipinski definition) is 1. The SMILES string of the molecule is COc1cccc(-n2nnc(C(=O)Nc3cc([N+](=O)[O-])ccc3F)c2C)c1. The maximum Gasteiger partial charge on any atom is 0.278 e. The summed E-state index contributed by atoms with van der Waals surface area (Å²) >= 11 is 0. The molecule has 9 nitrogen and oxygen atoms in total. The van der Waals surface area contributed by atoms with Crippen molar-refractivity contribution in [1.29, 1.82) is 0 Å². The number of anilines is 1. The smallest absolute Gasteiger partial charge is 0.278 e. The van der Waals surface area contributed by atoms with Crippen LogP contribution in [0.4, 0.5) is 15.8 Å². The van der Waals surface area contributed by atoms with Gasteiger partial charge in [0.15, 0.2) is 5.69 Å². The van der Waals surface area contributed by atoms with Crippen molar-refractivity contribution >= 4 is 17.3 Å². The summed E-state index contributed by atoms with van der Waals surface area (Å²) in [5.41, 5.74) is 0.336. The zero-order chi connectivity index (χ0) is 19.6. The van der Waals surface area contributed by atoms with Crippen LogP contribution < -0.4 is 10.1 Å². The van der Waals surface area contributed by atoms with E-state index in [1.807, 2.05) is 0 Å². The number of aromatic nitrogens is 3. The Balaban J connectivity index is 1.90. The number of hydrogen-bond acceptors (Lipinski definition) is 6. The first-order valence-corrected chi connectivity index (χ1v) is 7.72. The van der Waals surface area contributed by atoms with Crippen LogP contribution in [-0.4, -0.2) is 32.9 Å². The van der Waals surface area contributed by atoms with Gasteiger partial charge in [0.1, 0.15) is 11.6 Å². The highest BCUT2D eigenvalue weighted by Gasteiger charge is 2.20. The van der Waals surface area contributed by atoms with E-state index in [1.54, 1.807) is 31.2 Å². The van der Waals surface area contributed by atoms with Crippen LogP contribution >= 0.6 is 0 Å². The molecule has 1 heterocycles. The van der Waals surface area contributed by atoms with E-state index in [-0.39, 0.29) is 17.1 Å². The summed E-state index contributed by atoms with van der Waals surface area (Å²) in [6.45, 7) is 1.62. The number of nitro groups is 1. The number of nitrogens with one attached hydrogen (secondary N) is 1. The van der Waals surface area contributed by atoms with Crippen LogP contribution in [0.3, 0.4) is 0 Å². The van der Waals surface area contributed by atoms with Gasteiger partial charge >= 0.3 is 0 Å². The first-order valence-electron chi connectivity index (χ1n) is 7.72. The molecule has 0 unspecified atom stereocenters. The van der Waals surface area contributed by atoms with Gasteiger partial charge in [-0.25, -0.2) is 9.07 Å². The van der Waals surface area contributed by atoms with Gasteiger partial charge in [-0.1, -0.05) is 11.3 Å². The Hall–Kier alpha value is -3.82. The Kier molecular flexibility index (Phi) is 4.79. The summed E-state index contributed by atoms with van der Waals surface area (Å²) < 4.78 is 20.5. The molecule has 0 radical (unpaired) electrons. The third kappa shape index (κ3) is 3.59. The van der Waals surface area contributed by atoms with E-state index in [0.29, 0.717) is 17.1 Å². The number of carbonyl (C=O) groups excluding carboxylic acids is 1. The van der Waals surface area contributed by atoms with Gasteiger partial charge in [-0.15, -0.1) is 5.10 Å². The summed E-state index contributed by atoms with van der Waals surface area (Å²) in [6, 6.07) is 9.84. The summed E-state index contributed by atoms with van der Waals surface area (Å²) in [7, 11) is 1.53. The molecule has 0 aliphatic rings. The van der Waals surface area contributed by atoms with E-state index < -0.39 is 16.6 Å². The molecule has 0 atom stereocenters. The first kappa shape index (κ1) is 18.0. The number of nitrogens with zero attached hydrogens (tertiary/aromatic N) is 4. The third-order valence-electron chi connectivity index (χ3n) is 3.82. The van der Waals surface area contributed by atoms with Crippen molar-refractivity contribution in [1.82, 2.24) is 15.0 Å². The van der Waals surface area contributed by atoms with Crippen molar-refractivity contribution in [2.75, 3.05) is 12.4 Å². The Morgan fingerprint density at radius 2 is 2.07 bits per heavy atom. The topological polar surface area (TPSA) is 112 Å². The molecule has 3 aromatic rings. The summed E-state index contributed by atoms with van der Waals surface area (Å²) in [6.07, 6.45) is 0. The van der Waals surface area contributed by atoms with E-state index in [9.17, 15) is 19.3 Å². The zero-order valence-electron chi connectivity index (χ0n) is 14.3. The number of amides is 1. The minimum Gasteiger partial charge on any atom is -0.497 e. The standard InChI is InChI=1S/C17H14FN5O4/c1-10-16(20-21-22(10)11-4-3-5-13(8-11)27-2)17(24)19-15-9-12(23(25)26)6-7-14(15)18/h3-9H,1-2H3,(H,19,24). The largest absolute Gasteiger partial charge is 0.497 e. The average molecular weight is 371 g/mol. The van der Waals surface area contributed by atoms with Crippen molar-refractivity contribution in [3.63, 3.8) is 0 Å². The number of nitro benzene ring substituents is 1. The van der Waals surface area contributed by atoms with Crippen LogP contribution in [0.25, 0.3) is 5.69 Å². The molecule has 0 aliphatic carbocycles. The molecule has 27 heavy (non-hydrogen) atoms. The lowest BCUT2D eigenvalue weighted by Gasteiger charge is -2.07. The number of non-ortho nitro benzene ring substituents is 1. The minimum atomic E-state index is -0.799. The number of benzene rings is 2. The molecule has 0 aliphatic heterocycles. The second-order valence-electron chi connectivity index (χ2n) is 5.51. The van der Waals surface area contributed by atoms with E-state index in [0.717, 1.165) is 18.2 Å². The Morgan fingerprint density at radius 3 is 2.78 bits per heavy atom. The van der Waals surface area contributed by atoms with Crippen LogP contribution in [-0.2, 0) is 0 Å². The van der Waals surface area contributed by atoms with Gasteiger partial charge in [0.25, 0.3) is 11.6 Å². The van der Waals surface area contributed by atoms with Gasteiger partial charge in [-0.2, -0.15) is 0 Å². The van der Waals surface area contributed by atoms with Crippen molar-refractivity contribution in [2.24, 2.45) is 0 Å². The van der Waals surface area contributed by atoms with Crippen molar-refractivity contribution in [3.8, 4) is 11.4 Å². The fourth-order valence-electron chi connectivity index (χ4n) is 2.43. The normalized spacial score (nSPS) is 10.5. The number of ether oxygens (including phenoxy) is 1. The van der Waals surface area contributed by atoms with Gasteiger partial charge in [-0.05, 0) is 25.1 Å². The molecule has 1 N–H and O–H groups in total. The van der Waals surface area contributed by atoms with Gasteiger partial charge in [0, 0.05) is 18.2 Å². The second-order valence-corrected chi connectivity index (χ2v) is 5.51. The maximum atomic E-state index is 13.9. The predicted octanol–water partition coefficient (Wildman–Crippen LogP) is 2.88. The lowest BCUT2D eigenvalue weighted by molar-refractivity contribution is -0.384. The highest BCUT2D eigenvalue weighted by atomic mass is 19.1. The van der Waals surface area contributed by atoms with E-state index in [4.69, 9.17) is 4.74 Å². The molecule has 2 aromatic carbocycles. The van der Waals surface area contributed by atoms with Crippen LogP contribution in [0.1, 0.15) is 16.2 Å². The number of rotatable bonds is 5.